The maximum atomic E-state index is 12.7. The van der Waals surface area contributed by atoms with Crippen LogP contribution in [0.3, 0.4) is 0 Å². The molecule has 0 atom stereocenters. The number of para-hydroxylation sites is 2. The molecule has 0 aliphatic carbocycles. The van der Waals surface area contributed by atoms with Crippen LogP contribution in [0.15, 0.2) is 66.7 Å². The third-order valence-corrected chi connectivity index (χ3v) is 4.90. The Hall–Kier alpha value is -3.93. The van der Waals surface area contributed by atoms with Gasteiger partial charge in [-0.1, -0.05) is 18.2 Å². The van der Waals surface area contributed by atoms with Gasteiger partial charge in [0.15, 0.2) is 0 Å². The smallest absolute Gasteiger partial charge is 0.256 e. The minimum atomic E-state index is -0.232. The molecule has 2 amide bonds. The number of aromatic amines is 1. The highest BCUT2D eigenvalue weighted by Crippen LogP contribution is 2.24. The number of aromatic nitrogens is 2. The zero-order chi connectivity index (χ0) is 19.1. The van der Waals surface area contributed by atoms with Crippen molar-refractivity contribution < 1.29 is 9.59 Å². The summed E-state index contributed by atoms with van der Waals surface area (Å²) in [6, 6.07) is 20.6. The van der Waals surface area contributed by atoms with E-state index in [1.165, 1.54) is 0 Å². The minimum Gasteiger partial charge on any atom is -0.348 e. The minimum absolute atomic E-state index is 0.139. The molecule has 4 aromatic rings. The third-order valence-electron chi connectivity index (χ3n) is 4.90. The van der Waals surface area contributed by atoms with Crippen LogP contribution < -0.4 is 10.6 Å². The lowest BCUT2D eigenvalue weighted by Crippen LogP contribution is -2.14. The van der Waals surface area contributed by atoms with Crippen LogP contribution in [-0.2, 0) is 6.54 Å². The lowest BCUT2D eigenvalue weighted by molar-refractivity contribution is 0.0964. The molecule has 1 aliphatic rings. The van der Waals surface area contributed by atoms with E-state index in [2.05, 4.69) is 20.6 Å². The zero-order valence-electron chi connectivity index (χ0n) is 14.8. The molecule has 0 unspecified atom stereocenters. The molecule has 6 heteroatoms. The summed E-state index contributed by atoms with van der Waals surface area (Å²) in [4.78, 5) is 32.3. The van der Waals surface area contributed by atoms with Gasteiger partial charge in [0.05, 0.1) is 11.0 Å². The van der Waals surface area contributed by atoms with Gasteiger partial charge >= 0.3 is 0 Å². The first-order valence-corrected chi connectivity index (χ1v) is 8.96. The molecule has 1 aliphatic heterocycles. The van der Waals surface area contributed by atoms with Crippen molar-refractivity contribution in [1.82, 2.24) is 15.3 Å². The molecule has 0 radical (unpaired) electrons. The fraction of sp³-hybridized carbons (Fsp3) is 0.0455. The summed E-state index contributed by atoms with van der Waals surface area (Å²) in [7, 11) is 0. The van der Waals surface area contributed by atoms with Crippen molar-refractivity contribution in [3.05, 3.63) is 83.4 Å². The number of nitrogens with zero attached hydrogens (tertiary/aromatic N) is 1. The first-order valence-electron chi connectivity index (χ1n) is 8.96. The standard InChI is InChI=1S/C22H16N4O2/c27-21-15-4-3-5-16(17(15)12-23-21)22(28)24-14-10-8-13(9-11-14)20-25-18-6-1-2-7-19(18)26-20/h1-11H,12H2,(H,23,27)(H,24,28)(H,25,26). The second kappa shape index (κ2) is 6.35. The van der Waals surface area contributed by atoms with E-state index in [1.807, 2.05) is 48.5 Å². The van der Waals surface area contributed by atoms with E-state index in [-0.39, 0.29) is 11.8 Å². The van der Waals surface area contributed by atoms with Crippen LogP contribution in [0.1, 0.15) is 26.3 Å². The van der Waals surface area contributed by atoms with Crippen molar-refractivity contribution in [1.29, 1.82) is 0 Å². The molecule has 0 fully saturated rings. The maximum Gasteiger partial charge on any atom is 0.256 e. The molecule has 0 bridgehead atoms. The van der Waals surface area contributed by atoms with Crippen LogP contribution in [0.25, 0.3) is 22.4 Å². The van der Waals surface area contributed by atoms with Gasteiger partial charge in [0.25, 0.3) is 11.8 Å². The molecule has 1 aromatic heterocycles. The van der Waals surface area contributed by atoms with E-state index in [9.17, 15) is 9.59 Å². The lowest BCUT2D eigenvalue weighted by Gasteiger charge is -2.09. The largest absolute Gasteiger partial charge is 0.348 e. The summed E-state index contributed by atoms with van der Waals surface area (Å²) in [5.74, 6) is 0.411. The Labute approximate surface area is 160 Å². The van der Waals surface area contributed by atoms with Gasteiger partial charge in [0.1, 0.15) is 5.82 Å². The number of fused-ring (bicyclic) bond motifs is 2. The van der Waals surface area contributed by atoms with Gasteiger partial charge in [0, 0.05) is 28.9 Å². The predicted octanol–water partition coefficient (Wildman–Crippen LogP) is 3.73. The number of nitrogens with one attached hydrogen (secondary N) is 3. The number of hydrogen-bond donors (Lipinski definition) is 3. The fourth-order valence-corrected chi connectivity index (χ4v) is 3.47. The number of H-pyrrole nitrogens is 1. The third kappa shape index (κ3) is 2.72. The average Bonchev–Trinajstić information content (AvgIpc) is 3.32. The summed E-state index contributed by atoms with van der Waals surface area (Å²) in [5.41, 5.74) is 5.32. The number of carbonyl (C=O) groups is 2. The molecule has 28 heavy (non-hydrogen) atoms. The number of anilines is 1. The predicted molar refractivity (Wildman–Crippen MR) is 107 cm³/mol. The normalized spacial score (nSPS) is 12.6. The van der Waals surface area contributed by atoms with E-state index < -0.39 is 0 Å². The molecule has 3 aromatic carbocycles. The van der Waals surface area contributed by atoms with Crippen LogP contribution >= 0.6 is 0 Å². The van der Waals surface area contributed by atoms with Gasteiger partial charge in [-0.05, 0) is 54.1 Å². The van der Waals surface area contributed by atoms with Gasteiger partial charge in [-0.2, -0.15) is 0 Å². The number of amides is 2. The topological polar surface area (TPSA) is 86.9 Å². The maximum absolute atomic E-state index is 12.7. The van der Waals surface area contributed by atoms with E-state index >= 15 is 0 Å². The van der Waals surface area contributed by atoms with Crippen molar-refractivity contribution in [2.45, 2.75) is 6.54 Å². The summed E-state index contributed by atoms with van der Waals surface area (Å²) in [6.45, 7) is 0.378. The monoisotopic (exact) mass is 368 g/mol. The van der Waals surface area contributed by atoms with Crippen LogP contribution in [0.2, 0.25) is 0 Å². The van der Waals surface area contributed by atoms with Crippen LogP contribution in [0, 0.1) is 0 Å². The zero-order valence-corrected chi connectivity index (χ0v) is 14.8. The van der Waals surface area contributed by atoms with Crippen LogP contribution in [0.4, 0.5) is 5.69 Å². The summed E-state index contributed by atoms with van der Waals surface area (Å²) in [5, 5.41) is 5.65. The lowest BCUT2D eigenvalue weighted by atomic mass is 10.0. The van der Waals surface area contributed by atoms with E-state index in [0.29, 0.717) is 23.4 Å². The molecular formula is C22H16N4O2. The summed E-state index contributed by atoms with van der Waals surface area (Å²) in [6.07, 6.45) is 0. The first kappa shape index (κ1) is 16.3. The SMILES string of the molecule is O=C1NCc2c1cccc2C(=O)Nc1ccc(-c2nc3ccccc3[nH]2)cc1. The van der Waals surface area contributed by atoms with Crippen molar-refractivity contribution in [3.8, 4) is 11.4 Å². The summed E-state index contributed by atoms with van der Waals surface area (Å²) < 4.78 is 0. The Morgan fingerprint density at radius 3 is 2.61 bits per heavy atom. The highest BCUT2D eigenvalue weighted by Gasteiger charge is 2.24. The summed E-state index contributed by atoms with van der Waals surface area (Å²) >= 11 is 0. The molecule has 6 nitrogen and oxygen atoms in total. The Bertz CT molecular complexity index is 1190. The molecule has 0 saturated heterocycles. The number of benzene rings is 3. The fourth-order valence-electron chi connectivity index (χ4n) is 3.47. The van der Waals surface area contributed by atoms with E-state index in [1.54, 1.807) is 18.2 Å². The molecule has 2 heterocycles. The molecule has 0 saturated carbocycles. The van der Waals surface area contributed by atoms with Crippen molar-refractivity contribution in [2.75, 3.05) is 5.32 Å². The number of rotatable bonds is 3. The second-order valence-electron chi connectivity index (χ2n) is 6.65. The van der Waals surface area contributed by atoms with Gasteiger partial charge in [-0.3, -0.25) is 9.59 Å². The van der Waals surface area contributed by atoms with Gasteiger partial charge < -0.3 is 15.6 Å². The van der Waals surface area contributed by atoms with Crippen molar-refractivity contribution in [3.63, 3.8) is 0 Å². The van der Waals surface area contributed by atoms with Gasteiger partial charge in [-0.15, -0.1) is 0 Å². The Kier molecular flexibility index (Phi) is 3.69. The second-order valence-corrected chi connectivity index (χ2v) is 6.65. The number of carbonyl (C=O) groups excluding carboxylic acids is 2. The highest BCUT2D eigenvalue weighted by atomic mass is 16.2. The van der Waals surface area contributed by atoms with Crippen LogP contribution in [0.5, 0.6) is 0 Å². The molecule has 0 spiro atoms. The number of imidazole rings is 1. The molecular weight excluding hydrogens is 352 g/mol. The molecule has 3 N–H and O–H groups in total. The van der Waals surface area contributed by atoms with Crippen molar-refractivity contribution in [2.24, 2.45) is 0 Å². The highest BCUT2D eigenvalue weighted by molar-refractivity contribution is 6.09. The Morgan fingerprint density at radius 1 is 0.964 bits per heavy atom. The van der Waals surface area contributed by atoms with E-state index in [4.69, 9.17) is 0 Å². The molecule has 5 rings (SSSR count). The van der Waals surface area contributed by atoms with E-state index in [0.717, 1.165) is 28.0 Å². The van der Waals surface area contributed by atoms with Gasteiger partial charge in [-0.25, -0.2) is 4.98 Å². The number of hydrogen-bond acceptors (Lipinski definition) is 3. The average molecular weight is 368 g/mol. The van der Waals surface area contributed by atoms with Crippen molar-refractivity contribution >= 4 is 28.5 Å². The first-order chi connectivity index (χ1) is 13.7. The Balaban J connectivity index is 1.38. The van der Waals surface area contributed by atoms with Crippen LogP contribution in [-0.4, -0.2) is 21.8 Å². The quantitative estimate of drug-likeness (QED) is 0.515. The Morgan fingerprint density at radius 2 is 1.79 bits per heavy atom. The molecule has 136 valence electrons. The van der Waals surface area contributed by atoms with Gasteiger partial charge in [0.2, 0.25) is 0 Å².